The highest BCUT2D eigenvalue weighted by atomic mass is 32.1. The van der Waals surface area contributed by atoms with Crippen LogP contribution in [0, 0.1) is 21.4 Å². The third-order valence-corrected chi connectivity index (χ3v) is 5.06. The SMILES string of the molecule is CN1CCc2c(sc(NC(=O)c3ccc([N+](=O)[O-])cc3)c2C#N)C1. The van der Waals surface area contributed by atoms with Crippen molar-refractivity contribution in [2.24, 2.45) is 0 Å². The number of nitriles is 1. The molecule has 1 aromatic carbocycles. The maximum absolute atomic E-state index is 12.3. The molecule has 0 fully saturated rings. The Kier molecular flexibility index (Phi) is 4.29. The fourth-order valence-corrected chi connectivity index (χ4v) is 3.92. The van der Waals surface area contributed by atoms with Crippen LogP contribution >= 0.6 is 11.3 Å². The summed E-state index contributed by atoms with van der Waals surface area (Å²) in [6.07, 6.45) is 0.790. The minimum absolute atomic E-state index is 0.0705. The van der Waals surface area contributed by atoms with Gasteiger partial charge < -0.3 is 10.2 Å². The van der Waals surface area contributed by atoms with Crippen molar-refractivity contribution in [2.75, 3.05) is 18.9 Å². The number of hydrogen-bond donors (Lipinski definition) is 1. The van der Waals surface area contributed by atoms with Gasteiger partial charge in [-0.05, 0) is 31.2 Å². The first-order valence-electron chi connectivity index (χ1n) is 7.28. The maximum atomic E-state index is 12.3. The fourth-order valence-electron chi connectivity index (χ4n) is 2.65. The van der Waals surface area contributed by atoms with Crippen molar-refractivity contribution >= 4 is 27.9 Å². The van der Waals surface area contributed by atoms with Gasteiger partial charge in [0.05, 0.1) is 10.5 Å². The Morgan fingerprint density at radius 1 is 1.42 bits per heavy atom. The van der Waals surface area contributed by atoms with E-state index in [0.29, 0.717) is 16.1 Å². The van der Waals surface area contributed by atoms with Crippen LogP contribution in [0.5, 0.6) is 0 Å². The summed E-state index contributed by atoms with van der Waals surface area (Å²) in [6, 6.07) is 7.57. The van der Waals surface area contributed by atoms with Crippen molar-refractivity contribution in [1.82, 2.24) is 4.90 Å². The summed E-state index contributed by atoms with van der Waals surface area (Å²) in [5.74, 6) is -0.381. The largest absolute Gasteiger partial charge is 0.312 e. The lowest BCUT2D eigenvalue weighted by atomic mass is 10.0. The van der Waals surface area contributed by atoms with E-state index < -0.39 is 4.92 Å². The van der Waals surface area contributed by atoms with E-state index in [1.165, 1.54) is 35.6 Å². The molecule has 1 aromatic heterocycles. The van der Waals surface area contributed by atoms with Gasteiger partial charge in [-0.15, -0.1) is 11.3 Å². The predicted molar refractivity (Wildman–Crippen MR) is 90.1 cm³/mol. The molecule has 1 aliphatic rings. The van der Waals surface area contributed by atoms with Crippen molar-refractivity contribution in [3.05, 3.63) is 55.9 Å². The second kappa shape index (κ2) is 6.39. The van der Waals surface area contributed by atoms with E-state index >= 15 is 0 Å². The number of benzene rings is 1. The number of fused-ring (bicyclic) bond motifs is 1. The molecule has 1 N–H and O–H groups in total. The number of likely N-dealkylation sites (N-methyl/N-ethyl adjacent to an activating group) is 1. The number of non-ortho nitro benzene ring substituents is 1. The van der Waals surface area contributed by atoms with E-state index in [0.717, 1.165) is 30.0 Å². The van der Waals surface area contributed by atoms with E-state index in [4.69, 9.17) is 0 Å². The van der Waals surface area contributed by atoms with Crippen LogP contribution in [0.25, 0.3) is 0 Å². The smallest absolute Gasteiger partial charge is 0.269 e. The van der Waals surface area contributed by atoms with Gasteiger partial charge in [0.1, 0.15) is 11.1 Å². The lowest BCUT2D eigenvalue weighted by molar-refractivity contribution is -0.384. The van der Waals surface area contributed by atoms with E-state index in [1.54, 1.807) is 0 Å². The third kappa shape index (κ3) is 2.99. The van der Waals surface area contributed by atoms with Crippen LogP contribution in [0.15, 0.2) is 24.3 Å². The van der Waals surface area contributed by atoms with E-state index in [2.05, 4.69) is 16.3 Å². The highest BCUT2D eigenvalue weighted by molar-refractivity contribution is 7.16. The first-order chi connectivity index (χ1) is 11.5. The molecule has 0 spiro atoms. The zero-order valence-electron chi connectivity index (χ0n) is 12.9. The summed E-state index contributed by atoms with van der Waals surface area (Å²) in [6.45, 7) is 1.65. The normalized spacial score (nSPS) is 13.8. The van der Waals surface area contributed by atoms with Crippen molar-refractivity contribution in [1.29, 1.82) is 5.26 Å². The number of nitrogens with zero attached hydrogens (tertiary/aromatic N) is 3. The standard InChI is InChI=1S/C16H14N4O3S/c1-19-7-6-12-13(8-17)16(24-14(12)9-19)18-15(21)10-2-4-11(5-3-10)20(22)23/h2-5H,6-7,9H2,1H3,(H,18,21). The molecular weight excluding hydrogens is 328 g/mol. The monoisotopic (exact) mass is 342 g/mol. The number of thiophene rings is 1. The van der Waals surface area contributed by atoms with E-state index in [1.807, 2.05) is 7.05 Å². The fraction of sp³-hybridized carbons (Fsp3) is 0.250. The number of hydrogen-bond acceptors (Lipinski definition) is 6. The molecule has 0 saturated carbocycles. The molecule has 0 radical (unpaired) electrons. The first kappa shape index (κ1) is 16.1. The Morgan fingerprint density at radius 2 is 2.12 bits per heavy atom. The van der Waals surface area contributed by atoms with Crippen LogP contribution in [-0.2, 0) is 13.0 Å². The molecule has 8 heteroatoms. The average molecular weight is 342 g/mol. The molecule has 0 unspecified atom stereocenters. The molecule has 0 atom stereocenters. The van der Waals surface area contributed by atoms with Crippen LogP contribution in [-0.4, -0.2) is 29.3 Å². The molecule has 0 saturated heterocycles. The molecule has 7 nitrogen and oxygen atoms in total. The highest BCUT2D eigenvalue weighted by Gasteiger charge is 2.24. The van der Waals surface area contributed by atoms with Crippen molar-refractivity contribution in [3.8, 4) is 6.07 Å². The molecule has 2 heterocycles. The van der Waals surface area contributed by atoms with Gasteiger partial charge in [0, 0.05) is 35.7 Å². The molecular formula is C16H14N4O3S. The molecule has 24 heavy (non-hydrogen) atoms. The summed E-state index contributed by atoms with van der Waals surface area (Å²) in [5, 5.41) is 23.4. The summed E-state index contributed by atoms with van der Waals surface area (Å²) in [7, 11) is 2.02. The number of nitro groups is 1. The molecule has 2 aromatic rings. The second-order valence-corrected chi connectivity index (χ2v) is 6.67. The minimum Gasteiger partial charge on any atom is -0.312 e. The Balaban J connectivity index is 1.84. The lowest BCUT2D eigenvalue weighted by Crippen LogP contribution is -2.25. The van der Waals surface area contributed by atoms with Gasteiger partial charge in [0.2, 0.25) is 0 Å². The topological polar surface area (TPSA) is 99.3 Å². The number of anilines is 1. The highest BCUT2D eigenvalue weighted by Crippen LogP contribution is 2.36. The zero-order chi connectivity index (χ0) is 17.3. The first-order valence-corrected chi connectivity index (χ1v) is 8.10. The summed E-state index contributed by atoms with van der Waals surface area (Å²) in [5.41, 5.74) is 1.78. The van der Waals surface area contributed by atoms with Crippen molar-refractivity contribution in [2.45, 2.75) is 13.0 Å². The number of carbonyl (C=O) groups is 1. The van der Waals surface area contributed by atoms with Crippen LogP contribution in [0.3, 0.4) is 0 Å². The molecule has 3 rings (SSSR count). The van der Waals surface area contributed by atoms with Gasteiger partial charge in [-0.25, -0.2) is 0 Å². The number of nitro benzene ring substituents is 1. The molecule has 1 aliphatic heterocycles. The average Bonchev–Trinajstić information content (AvgIpc) is 2.90. The Hall–Kier alpha value is -2.76. The van der Waals surface area contributed by atoms with Crippen molar-refractivity contribution in [3.63, 3.8) is 0 Å². The van der Waals surface area contributed by atoms with Gasteiger partial charge in [-0.2, -0.15) is 5.26 Å². The molecule has 1 amide bonds. The predicted octanol–water partition coefficient (Wildman–Crippen LogP) is 2.77. The van der Waals surface area contributed by atoms with E-state index in [9.17, 15) is 20.2 Å². The Morgan fingerprint density at radius 3 is 2.75 bits per heavy atom. The minimum atomic E-state index is -0.515. The third-order valence-electron chi connectivity index (χ3n) is 3.93. The van der Waals surface area contributed by atoms with Crippen LogP contribution in [0.4, 0.5) is 10.7 Å². The molecule has 122 valence electrons. The van der Waals surface area contributed by atoms with Gasteiger partial charge in [-0.3, -0.25) is 14.9 Å². The number of carbonyl (C=O) groups excluding carboxylic acids is 1. The number of amides is 1. The number of nitrogens with one attached hydrogen (secondary N) is 1. The Labute approximate surface area is 142 Å². The quantitative estimate of drug-likeness (QED) is 0.683. The summed E-state index contributed by atoms with van der Waals surface area (Å²) < 4.78 is 0. The Bertz CT molecular complexity index is 851. The van der Waals surface area contributed by atoms with Gasteiger partial charge in [0.15, 0.2) is 0 Å². The number of rotatable bonds is 3. The van der Waals surface area contributed by atoms with Crippen LogP contribution in [0.2, 0.25) is 0 Å². The van der Waals surface area contributed by atoms with Crippen molar-refractivity contribution < 1.29 is 9.72 Å². The molecule has 0 bridgehead atoms. The summed E-state index contributed by atoms with van der Waals surface area (Å²) >= 11 is 1.42. The van der Waals surface area contributed by atoms with E-state index in [-0.39, 0.29) is 11.6 Å². The molecule has 0 aliphatic carbocycles. The lowest BCUT2D eigenvalue weighted by Gasteiger charge is -2.21. The second-order valence-electron chi connectivity index (χ2n) is 5.57. The maximum Gasteiger partial charge on any atom is 0.269 e. The van der Waals surface area contributed by atoms with Gasteiger partial charge >= 0.3 is 0 Å². The van der Waals surface area contributed by atoms with Crippen LogP contribution in [0.1, 0.15) is 26.4 Å². The van der Waals surface area contributed by atoms with Gasteiger partial charge in [0.25, 0.3) is 11.6 Å². The zero-order valence-corrected chi connectivity index (χ0v) is 13.7. The van der Waals surface area contributed by atoms with Crippen LogP contribution < -0.4 is 5.32 Å². The summed E-state index contributed by atoms with van der Waals surface area (Å²) in [4.78, 5) is 25.8. The van der Waals surface area contributed by atoms with Gasteiger partial charge in [-0.1, -0.05) is 0 Å².